The zero-order chi connectivity index (χ0) is 10.4. The number of hydrogen-bond donors (Lipinski definition) is 1. The van der Waals surface area contributed by atoms with Crippen LogP contribution < -0.4 is 10.1 Å². The van der Waals surface area contributed by atoms with E-state index in [0.717, 1.165) is 18.7 Å². The lowest BCUT2D eigenvalue weighted by Crippen LogP contribution is -2.20. The third-order valence-corrected chi connectivity index (χ3v) is 2.23. The van der Waals surface area contributed by atoms with E-state index in [0.29, 0.717) is 6.04 Å². The minimum atomic E-state index is 0.377. The number of nitrogens with zero attached hydrogens (tertiary/aromatic N) is 1. The third-order valence-electron chi connectivity index (χ3n) is 2.23. The molecule has 0 saturated heterocycles. The molecule has 3 nitrogen and oxygen atoms in total. The number of nitrogens with one attached hydrogen (secondary N) is 1. The van der Waals surface area contributed by atoms with Crippen LogP contribution in [0.4, 0.5) is 0 Å². The minimum absolute atomic E-state index is 0.377. The van der Waals surface area contributed by atoms with Gasteiger partial charge in [-0.3, -0.25) is 4.98 Å². The van der Waals surface area contributed by atoms with Gasteiger partial charge in [0.1, 0.15) is 5.75 Å². The lowest BCUT2D eigenvalue weighted by molar-refractivity contribution is 0.410. The van der Waals surface area contributed by atoms with Crippen molar-refractivity contribution >= 4 is 0 Å². The van der Waals surface area contributed by atoms with Gasteiger partial charge in [-0.1, -0.05) is 13.8 Å². The molecule has 0 aliphatic carbocycles. The lowest BCUT2D eigenvalue weighted by atomic mass is 10.1. The molecule has 0 spiro atoms. The minimum Gasteiger partial charge on any atom is -0.495 e. The van der Waals surface area contributed by atoms with Gasteiger partial charge in [-0.2, -0.15) is 0 Å². The van der Waals surface area contributed by atoms with E-state index in [9.17, 15) is 0 Å². The third kappa shape index (κ3) is 2.70. The second-order valence-electron chi connectivity index (χ2n) is 3.18. The molecule has 0 saturated carbocycles. The molecular weight excluding hydrogens is 176 g/mol. The Labute approximate surface area is 85.5 Å². The van der Waals surface area contributed by atoms with Crippen LogP contribution in [0.25, 0.3) is 0 Å². The Hall–Kier alpha value is -1.09. The highest BCUT2D eigenvalue weighted by Gasteiger charge is 2.08. The summed E-state index contributed by atoms with van der Waals surface area (Å²) in [7, 11) is 1.66. The molecule has 1 atom stereocenters. The summed E-state index contributed by atoms with van der Waals surface area (Å²) in [4.78, 5) is 4.14. The molecule has 0 aliphatic heterocycles. The summed E-state index contributed by atoms with van der Waals surface area (Å²) in [5.74, 6) is 0.818. The fraction of sp³-hybridized carbons (Fsp3) is 0.545. The predicted octanol–water partition coefficient (Wildman–Crippen LogP) is 2.15. The highest BCUT2D eigenvalue weighted by atomic mass is 16.5. The molecule has 0 aromatic carbocycles. The maximum atomic E-state index is 5.14. The molecule has 1 aromatic heterocycles. The van der Waals surface area contributed by atoms with Crippen LogP contribution in [0.15, 0.2) is 18.5 Å². The van der Waals surface area contributed by atoms with Crippen LogP contribution in [-0.4, -0.2) is 18.6 Å². The van der Waals surface area contributed by atoms with E-state index in [2.05, 4.69) is 24.1 Å². The highest BCUT2D eigenvalue weighted by molar-refractivity contribution is 5.25. The number of ether oxygens (including phenoxy) is 1. The molecule has 14 heavy (non-hydrogen) atoms. The van der Waals surface area contributed by atoms with Crippen LogP contribution >= 0.6 is 0 Å². The molecule has 0 bridgehead atoms. The smallest absolute Gasteiger partial charge is 0.137 e. The Morgan fingerprint density at radius 2 is 2.21 bits per heavy atom. The number of hydrogen-bond acceptors (Lipinski definition) is 3. The fourth-order valence-electron chi connectivity index (χ4n) is 1.48. The summed E-state index contributed by atoms with van der Waals surface area (Å²) in [5, 5.41) is 3.40. The Kier molecular flexibility index (Phi) is 4.40. The number of aromatic nitrogens is 1. The Morgan fingerprint density at radius 3 is 2.79 bits per heavy atom. The molecular formula is C11H18N2O. The first-order valence-corrected chi connectivity index (χ1v) is 5.04. The zero-order valence-electron chi connectivity index (χ0n) is 9.08. The summed E-state index contributed by atoms with van der Waals surface area (Å²) < 4.78 is 5.14. The molecule has 0 aliphatic rings. The Bertz CT molecular complexity index is 276. The molecule has 1 aromatic rings. The largest absolute Gasteiger partial charge is 0.495 e. The van der Waals surface area contributed by atoms with Crippen LogP contribution in [0.1, 0.15) is 31.9 Å². The maximum Gasteiger partial charge on any atom is 0.137 e. The molecule has 3 heteroatoms. The van der Waals surface area contributed by atoms with Crippen LogP contribution in [-0.2, 0) is 0 Å². The van der Waals surface area contributed by atoms with Crippen molar-refractivity contribution in [2.45, 2.75) is 26.3 Å². The van der Waals surface area contributed by atoms with E-state index >= 15 is 0 Å². The van der Waals surface area contributed by atoms with Crippen molar-refractivity contribution < 1.29 is 4.74 Å². The van der Waals surface area contributed by atoms with Gasteiger partial charge < -0.3 is 10.1 Å². The van der Waals surface area contributed by atoms with Crippen molar-refractivity contribution in [1.82, 2.24) is 10.3 Å². The van der Waals surface area contributed by atoms with Crippen molar-refractivity contribution in [3.05, 3.63) is 24.0 Å². The van der Waals surface area contributed by atoms with Gasteiger partial charge in [-0.05, 0) is 24.6 Å². The summed E-state index contributed by atoms with van der Waals surface area (Å²) >= 11 is 0. The molecule has 1 rings (SSSR count). The van der Waals surface area contributed by atoms with E-state index < -0.39 is 0 Å². The molecule has 1 heterocycles. The topological polar surface area (TPSA) is 34.2 Å². The fourth-order valence-corrected chi connectivity index (χ4v) is 1.48. The Morgan fingerprint density at radius 1 is 1.43 bits per heavy atom. The van der Waals surface area contributed by atoms with Crippen LogP contribution in [0.5, 0.6) is 5.75 Å². The summed E-state index contributed by atoms with van der Waals surface area (Å²) in [6, 6.07) is 2.41. The molecule has 1 unspecified atom stereocenters. The number of methoxy groups -OCH3 is 1. The second kappa shape index (κ2) is 5.60. The average molecular weight is 194 g/mol. The van der Waals surface area contributed by atoms with Crippen molar-refractivity contribution in [3.8, 4) is 5.75 Å². The SMILES string of the molecule is CCNC(CC)c1cncc(OC)c1. The first-order valence-electron chi connectivity index (χ1n) is 5.04. The molecule has 78 valence electrons. The van der Waals surface area contributed by atoms with Crippen LogP contribution in [0.3, 0.4) is 0 Å². The van der Waals surface area contributed by atoms with E-state index in [1.54, 1.807) is 13.3 Å². The number of pyridine rings is 1. The molecule has 1 N–H and O–H groups in total. The van der Waals surface area contributed by atoms with Gasteiger partial charge >= 0.3 is 0 Å². The Balaban J connectivity index is 2.80. The summed E-state index contributed by atoms with van der Waals surface area (Å²) in [6.45, 7) is 5.23. The summed E-state index contributed by atoms with van der Waals surface area (Å²) in [5.41, 5.74) is 1.19. The van der Waals surface area contributed by atoms with Gasteiger partial charge in [-0.25, -0.2) is 0 Å². The molecule has 0 amide bonds. The normalized spacial score (nSPS) is 12.5. The van der Waals surface area contributed by atoms with E-state index in [4.69, 9.17) is 4.74 Å². The van der Waals surface area contributed by atoms with Crippen LogP contribution in [0.2, 0.25) is 0 Å². The standard InChI is InChI=1S/C11H18N2O/c1-4-11(13-5-2)9-6-10(14-3)8-12-7-9/h6-8,11,13H,4-5H2,1-3H3. The maximum absolute atomic E-state index is 5.14. The van der Waals surface area contributed by atoms with Crippen molar-refractivity contribution in [1.29, 1.82) is 0 Å². The second-order valence-corrected chi connectivity index (χ2v) is 3.18. The quantitative estimate of drug-likeness (QED) is 0.780. The lowest BCUT2D eigenvalue weighted by Gasteiger charge is -2.16. The van der Waals surface area contributed by atoms with Crippen molar-refractivity contribution in [2.24, 2.45) is 0 Å². The highest BCUT2D eigenvalue weighted by Crippen LogP contribution is 2.19. The van der Waals surface area contributed by atoms with E-state index in [-0.39, 0.29) is 0 Å². The number of rotatable bonds is 5. The van der Waals surface area contributed by atoms with Crippen molar-refractivity contribution in [2.75, 3.05) is 13.7 Å². The molecule has 0 fully saturated rings. The monoisotopic (exact) mass is 194 g/mol. The predicted molar refractivity (Wildman–Crippen MR) is 57.5 cm³/mol. The van der Waals surface area contributed by atoms with Crippen LogP contribution in [0, 0.1) is 0 Å². The first-order chi connectivity index (χ1) is 6.81. The van der Waals surface area contributed by atoms with Crippen molar-refractivity contribution in [3.63, 3.8) is 0 Å². The summed E-state index contributed by atoms with van der Waals surface area (Å²) in [6.07, 6.45) is 4.67. The zero-order valence-corrected chi connectivity index (χ0v) is 9.08. The van der Waals surface area contributed by atoms with Gasteiger partial charge in [0.15, 0.2) is 0 Å². The van der Waals surface area contributed by atoms with E-state index in [1.165, 1.54) is 5.56 Å². The van der Waals surface area contributed by atoms with Gasteiger partial charge in [0, 0.05) is 12.2 Å². The van der Waals surface area contributed by atoms with E-state index in [1.807, 2.05) is 12.3 Å². The average Bonchev–Trinajstić information content (AvgIpc) is 2.26. The van der Waals surface area contributed by atoms with Gasteiger partial charge in [0.2, 0.25) is 0 Å². The van der Waals surface area contributed by atoms with Gasteiger partial charge in [0.05, 0.1) is 13.3 Å². The van der Waals surface area contributed by atoms with Gasteiger partial charge in [0.25, 0.3) is 0 Å². The van der Waals surface area contributed by atoms with Gasteiger partial charge in [-0.15, -0.1) is 0 Å². The molecule has 0 radical (unpaired) electrons. The first kappa shape index (κ1) is 11.0.